The number of amides is 1. The third kappa shape index (κ3) is 4.56. The Balaban J connectivity index is 1.60. The Morgan fingerprint density at radius 3 is 2.53 bits per heavy atom. The molecule has 0 saturated heterocycles. The van der Waals surface area contributed by atoms with Gasteiger partial charge in [0.1, 0.15) is 0 Å². The predicted molar refractivity (Wildman–Crippen MR) is 125 cm³/mol. The highest BCUT2D eigenvalue weighted by atomic mass is 35.5. The van der Waals surface area contributed by atoms with Gasteiger partial charge < -0.3 is 10.1 Å². The number of benzene rings is 2. The number of rotatable bonds is 5. The molecule has 0 spiro atoms. The number of para-hydroxylation sites is 1. The molecule has 2 aromatic carbocycles. The summed E-state index contributed by atoms with van der Waals surface area (Å²) in [6.07, 6.45) is 2.23. The number of pyridine rings is 2. The van der Waals surface area contributed by atoms with E-state index in [-0.39, 0.29) is 5.02 Å². The van der Waals surface area contributed by atoms with E-state index in [4.69, 9.17) is 27.9 Å². The van der Waals surface area contributed by atoms with Crippen LogP contribution in [0.4, 0.5) is 5.69 Å². The molecule has 0 aliphatic heterocycles. The Morgan fingerprint density at radius 1 is 1.00 bits per heavy atom. The molecule has 32 heavy (non-hydrogen) atoms. The van der Waals surface area contributed by atoms with Crippen LogP contribution in [0.3, 0.4) is 0 Å². The highest BCUT2D eigenvalue weighted by molar-refractivity contribution is 6.44. The lowest BCUT2D eigenvalue weighted by molar-refractivity contribution is -0.123. The Hall–Kier alpha value is -3.48. The highest BCUT2D eigenvalue weighted by Gasteiger charge is 2.22. The van der Waals surface area contributed by atoms with Crippen LogP contribution in [0.5, 0.6) is 0 Å². The number of carbonyl (C=O) groups is 2. The number of nitrogens with one attached hydrogen (secondary N) is 1. The van der Waals surface area contributed by atoms with E-state index in [0.29, 0.717) is 32.9 Å². The summed E-state index contributed by atoms with van der Waals surface area (Å²) < 4.78 is 5.47. The van der Waals surface area contributed by atoms with E-state index in [1.54, 1.807) is 54.9 Å². The van der Waals surface area contributed by atoms with Crippen LogP contribution in [-0.4, -0.2) is 27.9 Å². The molecular formula is C24H17Cl2N3O3. The van der Waals surface area contributed by atoms with Crippen molar-refractivity contribution in [1.82, 2.24) is 9.97 Å². The van der Waals surface area contributed by atoms with Gasteiger partial charge in [-0.3, -0.25) is 9.78 Å². The van der Waals surface area contributed by atoms with Gasteiger partial charge in [0.2, 0.25) is 0 Å². The fourth-order valence-corrected chi connectivity index (χ4v) is 3.47. The van der Waals surface area contributed by atoms with E-state index >= 15 is 0 Å². The molecule has 2 heterocycles. The summed E-state index contributed by atoms with van der Waals surface area (Å²) in [6.45, 7) is 1.48. The summed E-state index contributed by atoms with van der Waals surface area (Å²) in [7, 11) is 0. The number of ether oxygens (including phenoxy) is 1. The topological polar surface area (TPSA) is 81.2 Å². The van der Waals surface area contributed by atoms with Crippen molar-refractivity contribution in [3.8, 4) is 11.3 Å². The van der Waals surface area contributed by atoms with Crippen LogP contribution in [-0.2, 0) is 9.53 Å². The molecule has 2 aromatic heterocycles. The van der Waals surface area contributed by atoms with Gasteiger partial charge in [-0.2, -0.15) is 0 Å². The lowest BCUT2D eigenvalue weighted by atomic mass is 10.0. The number of halogens is 2. The Morgan fingerprint density at radius 2 is 1.75 bits per heavy atom. The number of nitrogens with zero attached hydrogens (tertiary/aromatic N) is 2. The number of fused-ring (bicyclic) bond motifs is 1. The fraction of sp³-hybridized carbons (Fsp3) is 0.0833. The van der Waals surface area contributed by atoms with Gasteiger partial charge in [0.25, 0.3) is 5.91 Å². The van der Waals surface area contributed by atoms with Crippen molar-refractivity contribution in [2.75, 3.05) is 5.32 Å². The predicted octanol–water partition coefficient (Wildman–Crippen LogP) is 5.79. The van der Waals surface area contributed by atoms with E-state index in [1.165, 1.54) is 6.92 Å². The average molecular weight is 466 g/mol. The molecule has 1 amide bonds. The summed E-state index contributed by atoms with van der Waals surface area (Å²) in [5, 5.41) is 3.77. The van der Waals surface area contributed by atoms with E-state index in [0.717, 1.165) is 5.56 Å². The molecule has 4 rings (SSSR count). The molecule has 0 fully saturated rings. The van der Waals surface area contributed by atoms with Crippen molar-refractivity contribution < 1.29 is 14.3 Å². The summed E-state index contributed by atoms with van der Waals surface area (Å²) in [4.78, 5) is 34.3. The van der Waals surface area contributed by atoms with Crippen LogP contribution >= 0.6 is 23.2 Å². The van der Waals surface area contributed by atoms with Crippen molar-refractivity contribution >= 4 is 51.7 Å². The standard InChI is InChI=1S/C24H17Cl2N3O3/c1-14(23(30)29-20-8-4-6-18(25)22(20)26)32-24(31)17-13-21(15-9-11-27-12-10-15)28-19-7-3-2-5-16(17)19/h2-14H,1H3,(H,29,30). The van der Waals surface area contributed by atoms with Crippen molar-refractivity contribution in [1.29, 1.82) is 0 Å². The maximum atomic E-state index is 13.0. The normalized spacial score (nSPS) is 11.7. The molecule has 0 aliphatic rings. The lowest BCUT2D eigenvalue weighted by Gasteiger charge is -2.16. The number of aromatic nitrogens is 2. The van der Waals surface area contributed by atoms with Gasteiger partial charge in [-0.05, 0) is 43.3 Å². The van der Waals surface area contributed by atoms with Gasteiger partial charge in [-0.1, -0.05) is 47.5 Å². The average Bonchev–Trinajstić information content (AvgIpc) is 2.81. The van der Waals surface area contributed by atoms with Crippen molar-refractivity contribution in [2.24, 2.45) is 0 Å². The van der Waals surface area contributed by atoms with Crippen molar-refractivity contribution in [3.63, 3.8) is 0 Å². The molecule has 4 aromatic rings. The number of carbonyl (C=O) groups excluding carboxylic acids is 2. The van der Waals surface area contributed by atoms with Gasteiger partial charge in [0, 0.05) is 23.3 Å². The first-order chi connectivity index (χ1) is 15.4. The number of esters is 1. The van der Waals surface area contributed by atoms with E-state index in [9.17, 15) is 9.59 Å². The minimum absolute atomic E-state index is 0.211. The molecule has 160 valence electrons. The summed E-state index contributed by atoms with van der Waals surface area (Å²) >= 11 is 12.1. The highest BCUT2D eigenvalue weighted by Crippen LogP contribution is 2.30. The minimum Gasteiger partial charge on any atom is -0.449 e. The van der Waals surface area contributed by atoms with Crippen LogP contribution in [0.2, 0.25) is 10.0 Å². The fourth-order valence-electron chi connectivity index (χ4n) is 3.13. The molecule has 0 bridgehead atoms. The second kappa shape index (κ2) is 9.34. The molecule has 0 saturated carbocycles. The number of hydrogen-bond donors (Lipinski definition) is 1. The summed E-state index contributed by atoms with van der Waals surface area (Å²) in [5.74, 6) is -1.17. The summed E-state index contributed by atoms with van der Waals surface area (Å²) in [5.41, 5.74) is 2.68. The lowest BCUT2D eigenvalue weighted by Crippen LogP contribution is -2.30. The van der Waals surface area contributed by atoms with E-state index in [1.807, 2.05) is 18.2 Å². The van der Waals surface area contributed by atoms with Gasteiger partial charge >= 0.3 is 5.97 Å². The number of hydrogen-bond acceptors (Lipinski definition) is 5. The molecule has 1 unspecified atom stereocenters. The molecule has 6 nitrogen and oxygen atoms in total. The second-order valence-electron chi connectivity index (χ2n) is 6.95. The third-order valence-electron chi connectivity index (χ3n) is 4.77. The largest absolute Gasteiger partial charge is 0.449 e. The smallest absolute Gasteiger partial charge is 0.339 e. The second-order valence-corrected chi connectivity index (χ2v) is 7.73. The molecule has 1 N–H and O–H groups in total. The minimum atomic E-state index is -1.08. The Kier molecular flexibility index (Phi) is 6.35. The van der Waals surface area contributed by atoms with Crippen LogP contribution in [0.25, 0.3) is 22.2 Å². The zero-order valence-electron chi connectivity index (χ0n) is 16.9. The van der Waals surface area contributed by atoms with E-state index < -0.39 is 18.0 Å². The van der Waals surface area contributed by atoms with Gasteiger partial charge in [-0.25, -0.2) is 9.78 Å². The maximum Gasteiger partial charge on any atom is 0.339 e. The van der Waals surface area contributed by atoms with Gasteiger partial charge in [-0.15, -0.1) is 0 Å². The maximum absolute atomic E-state index is 13.0. The quantitative estimate of drug-likeness (QED) is 0.377. The van der Waals surface area contributed by atoms with Crippen molar-refractivity contribution in [3.05, 3.63) is 88.7 Å². The summed E-state index contributed by atoms with van der Waals surface area (Å²) in [6, 6.07) is 17.4. The van der Waals surface area contributed by atoms with Crippen molar-refractivity contribution in [2.45, 2.75) is 13.0 Å². The first-order valence-corrected chi connectivity index (χ1v) is 10.5. The third-order valence-corrected chi connectivity index (χ3v) is 5.59. The molecular weight excluding hydrogens is 449 g/mol. The monoisotopic (exact) mass is 465 g/mol. The van der Waals surface area contributed by atoms with Crippen LogP contribution in [0.1, 0.15) is 17.3 Å². The molecule has 1 atom stereocenters. The van der Waals surface area contributed by atoms with Crippen LogP contribution < -0.4 is 5.32 Å². The molecule has 8 heteroatoms. The zero-order chi connectivity index (χ0) is 22.7. The first kappa shape index (κ1) is 21.7. The zero-order valence-corrected chi connectivity index (χ0v) is 18.4. The molecule has 0 radical (unpaired) electrons. The Bertz CT molecular complexity index is 1310. The molecule has 0 aliphatic carbocycles. The number of anilines is 1. The van der Waals surface area contributed by atoms with Crippen LogP contribution in [0, 0.1) is 0 Å². The SMILES string of the molecule is CC(OC(=O)c1cc(-c2ccncc2)nc2ccccc12)C(=O)Nc1cccc(Cl)c1Cl. The van der Waals surface area contributed by atoms with Gasteiger partial charge in [0.05, 0.1) is 32.5 Å². The van der Waals surface area contributed by atoms with Crippen LogP contribution in [0.15, 0.2) is 73.1 Å². The van der Waals surface area contributed by atoms with Gasteiger partial charge in [0.15, 0.2) is 6.10 Å². The first-order valence-electron chi connectivity index (χ1n) is 9.70. The van der Waals surface area contributed by atoms with E-state index in [2.05, 4.69) is 15.3 Å². The Labute approximate surface area is 194 Å².